The monoisotopic (exact) mass is 262 g/mol. The second-order valence-electron chi connectivity index (χ2n) is 4.74. The highest BCUT2D eigenvalue weighted by Crippen LogP contribution is 2.13. The third kappa shape index (κ3) is 3.24. The van der Waals surface area contributed by atoms with E-state index in [0.717, 1.165) is 17.7 Å². The number of nitrogens with zero attached hydrogens (tertiary/aromatic N) is 1. The number of benzene rings is 1. The lowest BCUT2D eigenvalue weighted by molar-refractivity contribution is -0.125. The zero-order chi connectivity index (χ0) is 13.8. The maximum atomic E-state index is 11.6. The molecule has 1 heterocycles. The molecule has 0 bridgehead atoms. The standard InChI is InChI=1S/C14H18N2O3/c1-10-9-16(14(18)15-13(10)17)8-7-11-3-5-12(19-2)6-4-11/h3-6,10H,7-9H2,1-2H3,(H,15,17,18). The first-order chi connectivity index (χ1) is 9.10. The minimum absolute atomic E-state index is 0.145. The van der Waals surface area contributed by atoms with Crippen molar-refractivity contribution in [1.29, 1.82) is 0 Å². The van der Waals surface area contributed by atoms with E-state index in [1.54, 1.807) is 12.0 Å². The molecule has 1 N–H and O–H groups in total. The molecule has 2 rings (SSSR count). The van der Waals surface area contributed by atoms with Crippen LogP contribution in [0.25, 0.3) is 0 Å². The van der Waals surface area contributed by atoms with Gasteiger partial charge in [0.25, 0.3) is 0 Å². The summed E-state index contributed by atoms with van der Waals surface area (Å²) in [4.78, 5) is 24.6. The van der Waals surface area contributed by atoms with E-state index >= 15 is 0 Å². The molecule has 0 spiro atoms. The summed E-state index contributed by atoms with van der Waals surface area (Å²) in [5, 5.41) is 2.36. The first-order valence-electron chi connectivity index (χ1n) is 6.33. The van der Waals surface area contributed by atoms with Gasteiger partial charge in [0.1, 0.15) is 5.75 Å². The van der Waals surface area contributed by atoms with Crippen LogP contribution >= 0.6 is 0 Å². The molecule has 19 heavy (non-hydrogen) atoms. The molecule has 1 atom stereocenters. The molecule has 0 saturated carbocycles. The predicted molar refractivity (Wildman–Crippen MR) is 71.0 cm³/mol. The molecule has 0 aromatic heterocycles. The highest BCUT2D eigenvalue weighted by atomic mass is 16.5. The summed E-state index contributed by atoms with van der Waals surface area (Å²) in [7, 11) is 1.63. The average Bonchev–Trinajstić information content (AvgIpc) is 2.42. The van der Waals surface area contributed by atoms with Crippen LogP contribution in [0, 0.1) is 5.92 Å². The van der Waals surface area contributed by atoms with Crippen molar-refractivity contribution in [1.82, 2.24) is 10.2 Å². The Kier molecular flexibility index (Phi) is 4.04. The summed E-state index contributed by atoms with van der Waals surface area (Å²) < 4.78 is 5.09. The maximum Gasteiger partial charge on any atom is 0.324 e. The van der Waals surface area contributed by atoms with Gasteiger partial charge in [0.2, 0.25) is 5.91 Å². The van der Waals surface area contributed by atoms with Crippen LogP contribution in [0.1, 0.15) is 12.5 Å². The van der Waals surface area contributed by atoms with E-state index in [4.69, 9.17) is 4.74 Å². The topological polar surface area (TPSA) is 58.6 Å². The van der Waals surface area contributed by atoms with Gasteiger partial charge in [-0.1, -0.05) is 19.1 Å². The Morgan fingerprint density at radius 1 is 1.32 bits per heavy atom. The molecule has 1 fully saturated rings. The number of carbonyl (C=O) groups excluding carboxylic acids is 2. The van der Waals surface area contributed by atoms with E-state index in [0.29, 0.717) is 13.1 Å². The van der Waals surface area contributed by atoms with Gasteiger partial charge in [0.15, 0.2) is 0 Å². The molecular weight excluding hydrogens is 244 g/mol. The number of imide groups is 1. The fraction of sp³-hybridized carbons (Fsp3) is 0.429. The van der Waals surface area contributed by atoms with Gasteiger partial charge in [0, 0.05) is 13.1 Å². The average molecular weight is 262 g/mol. The van der Waals surface area contributed by atoms with Crippen molar-refractivity contribution >= 4 is 11.9 Å². The number of amides is 3. The molecular formula is C14H18N2O3. The highest BCUT2D eigenvalue weighted by Gasteiger charge is 2.28. The normalized spacial score (nSPS) is 19.3. The van der Waals surface area contributed by atoms with Crippen LogP contribution in [0.5, 0.6) is 5.75 Å². The molecule has 1 saturated heterocycles. The number of hydrogen-bond donors (Lipinski definition) is 1. The van der Waals surface area contributed by atoms with Crippen molar-refractivity contribution in [2.45, 2.75) is 13.3 Å². The summed E-state index contributed by atoms with van der Waals surface area (Å²) in [5.41, 5.74) is 1.14. The Hall–Kier alpha value is -2.04. The molecule has 0 aliphatic carbocycles. The fourth-order valence-corrected chi connectivity index (χ4v) is 2.05. The fourth-order valence-electron chi connectivity index (χ4n) is 2.05. The lowest BCUT2D eigenvalue weighted by Crippen LogP contribution is -2.54. The number of methoxy groups -OCH3 is 1. The summed E-state index contributed by atoms with van der Waals surface area (Å²) in [5.74, 6) is 0.484. The second kappa shape index (κ2) is 5.73. The maximum absolute atomic E-state index is 11.6. The predicted octanol–water partition coefficient (Wildman–Crippen LogP) is 1.43. The smallest absolute Gasteiger partial charge is 0.324 e. The Bertz CT molecular complexity index is 470. The van der Waals surface area contributed by atoms with Crippen LogP contribution in [0.4, 0.5) is 4.79 Å². The van der Waals surface area contributed by atoms with Crippen molar-refractivity contribution in [3.8, 4) is 5.75 Å². The number of carbonyl (C=O) groups is 2. The summed E-state index contributed by atoms with van der Waals surface area (Å²) in [6.45, 7) is 2.92. The van der Waals surface area contributed by atoms with E-state index in [1.165, 1.54) is 0 Å². The van der Waals surface area contributed by atoms with Gasteiger partial charge in [-0.3, -0.25) is 10.1 Å². The third-order valence-electron chi connectivity index (χ3n) is 3.29. The van der Waals surface area contributed by atoms with Crippen LogP contribution in [-0.2, 0) is 11.2 Å². The second-order valence-corrected chi connectivity index (χ2v) is 4.74. The summed E-state index contributed by atoms with van der Waals surface area (Å²) in [6, 6.07) is 7.47. The largest absolute Gasteiger partial charge is 0.497 e. The van der Waals surface area contributed by atoms with Crippen LogP contribution < -0.4 is 10.1 Å². The minimum Gasteiger partial charge on any atom is -0.497 e. The molecule has 0 radical (unpaired) electrons. The molecule has 1 aliphatic heterocycles. The van der Waals surface area contributed by atoms with Gasteiger partial charge in [-0.05, 0) is 24.1 Å². The lowest BCUT2D eigenvalue weighted by atomic mass is 10.1. The quantitative estimate of drug-likeness (QED) is 0.893. The Labute approximate surface area is 112 Å². The molecule has 5 heteroatoms. The van der Waals surface area contributed by atoms with E-state index in [2.05, 4.69) is 5.32 Å². The number of hydrogen-bond acceptors (Lipinski definition) is 3. The number of rotatable bonds is 4. The molecule has 3 amide bonds. The van der Waals surface area contributed by atoms with E-state index < -0.39 is 0 Å². The van der Waals surface area contributed by atoms with Crippen molar-refractivity contribution in [3.63, 3.8) is 0 Å². The van der Waals surface area contributed by atoms with Crippen molar-refractivity contribution in [2.75, 3.05) is 20.2 Å². The van der Waals surface area contributed by atoms with Crippen LogP contribution in [0.15, 0.2) is 24.3 Å². The van der Waals surface area contributed by atoms with Crippen molar-refractivity contribution in [3.05, 3.63) is 29.8 Å². The third-order valence-corrected chi connectivity index (χ3v) is 3.29. The van der Waals surface area contributed by atoms with Gasteiger partial charge in [0.05, 0.1) is 13.0 Å². The van der Waals surface area contributed by atoms with Crippen LogP contribution in [-0.4, -0.2) is 37.0 Å². The number of nitrogens with one attached hydrogen (secondary N) is 1. The van der Waals surface area contributed by atoms with E-state index in [9.17, 15) is 9.59 Å². The Morgan fingerprint density at radius 2 is 2.00 bits per heavy atom. The van der Waals surface area contributed by atoms with Gasteiger partial charge >= 0.3 is 6.03 Å². The lowest BCUT2D eigenvalue weighted by Gasteiger charge is -2.30. The minimum atomic E-state index is -0.295. The number of urea groups is 1. The Balaban J connectivity index is 1.90. The van der Waals surface area contributed by atoms with Crippen molar-refractivity contribution in [2.24, 2.45) is 5.92 Å². The molecule has 5 nitrogen and oxygen atoms in total. The van der Waals surface area contributed by atoms with Gasteiger partial charge in [-0.25, -0.2) is 4.79 Å². The highest BCUT2D eigenvalue weighted by molar-refractivity contribution is 5.97. The summed E-state index contributed by atoms with van der Waals surface area (Å²) in [6.07, 6.45) is 0.762. The van der Waals surface area contributed by atoms with Crippen molar-refractivity contribution < 1.29 is 14.3 Å². The zero-order valence-electron chi connectivity index (χ0n) is 11.2. The van der Waals surface area contributed by atoms with Gasteiger partial charge < -0.3 is 9.64 Å². The van der Waals surface area contributed by atoms with Gasteiger partial charge in [-0.2, -0.15) is 0 Å². The first-order valence-corrected chi connectivity index (χ1v) is 6.33. The van der Waals surface area contributed by atoms with Crippen LogP contribution in [0.2, 0.25) is 0 Å². The SMILES string of the molecule is COc1ccc(CCN2CC(C)C(=O)NC2=O)cc1. The summed E-state index contributed by atoms with van der Waals surface area (Å²) >= 11 is 0. The molecule has 1 unspecified atom stereocenters. The zero-order valence-corrected chi connectivity index (χ0v) is 11.2. The molecule has 1 aromatic carbocycles. The molecule has 102 valence electrons. The van der Waals surface area contributed by atoms with E-state index in [1.807, 2.05) is 31.2 Å². The molecule has 1 aromatic rings. The first kappa shape index (κ1) is 13.4. The number of ether oxygens (including phenoxy) is 1. The van der Waals surface area contributed by atoms with Gasteiger partial charge in [-0.15, -0.1) is 0 Å². The van der Waals surface area contributed by atoms with Crippen LogP contribution in [0.3, 0.4) is 0 Å². The van der Waals surface area contributed by atoms with E-state index in [-0.39, 0.29) is 17.9 Å². The molecule has 1 aliphatic rings. The Morgan fingerprint density at radius 3 is 2.63 bits per heavy atom.